The average Bonchev–Trinajstić information content (AvgIpc) is 2.74. The Balaban J connectivity index is 2.25. The van der Waals surface area contributed by atoms with Gasteiger partial charge < -0.3 is 14.2 Å². The van der Waals surface area contributed by atoms with E-state index in [4.69, 9.17) is 14.2 Å². The van der Waals surface area contributed by atoms with Gasteiger partial charge >= 0.3 is 11.9 Å². The minimum Gasteiger partial charge on any atom is -0.462 e. The summed E-state index contributed by atoms with van der Waals surface area (Å²) in [7, 11) is 1.45. The van der Waals surface area contributed by atoms with Crippen molar-refractivity contribution in [1.82, 2.24) is 4.98 Å². The first kappa shape index (κ1) is 21.7. The third-order valence-corrected chi connectivity index (χ3v) is 4.87. The van der Waals surface area contributed by atoms with E-state index in [1.165, 1.54) is 19.2 Å². The maximum Gasteiger partial charge on any atom is 0.344 e. The fourth-order valence-corrected chi connectivity index (χ4v) is 3.35. The highest BCUT2D eigenvalue weighted by Crippen LogP contribution is 2.37. The summed E-state index contributed by atoms with van der Waals surface area (Å²) in [5.74, 6) is -4.03. The van der Waals surface area contributed by atoms with Crippen LogP contribution in [0.4, 0.5) is 8.78 Å². The lowest BCUT2D eigenvalue weighted by Crippen LogP contribution is -2.15. The van der Waals surface area contributed by atoms with Crippen LogP contribution < -0.4 is 4.74 Å². The second kappa shape index (κ2) is 9.64. The number of fused-ring (bicyclic) bond motifs is 1. The second-order valence-corrected chi connectivity index (χ2v) is 6.84. The van der Waals surface area contributed by atoms with Gasteiger partial charge in [-0.05, 0) is 25.1 Å². The summed E-state index contributed by atoms with van der Waals surface area (Å²) in [6, 6.07) is 9.76. The molecule has 0 spiro atoms. The van der Waals surface area contributed by atoms with Gasteiger partial charge in [0.05, 0.1) is 23.6 Å². The third kappa shape index (κ3) is 4.58. The Morgan fingerprint density at radius 1 is 1.07 bits per heavy atom. The highest BCUT2D eigenvalue weighted by Gasteiger charge is 2.27. The molecule has 0 bridgehead atoms. The zero-order chi connectivity index (χ0) is 21.7. The highest BCUT2D eigenvalue weighted by atomic mass is 32.2. The van der Waals surface area contributed by atoms with Crippen molar-refractivity contribution in [3.8, 4) is 5.75 Å². The molecule has 0 radical (unpaired) electrons. The molecule has 0 amide bonds. The molecule has 30 heavy (non-hydrogen) atoms. The zero-order valence-corrected chi connectivity index (χ0v) is 16.9. The molecule has 0 aliphatic carbocycles. The molecule has 0 N–H and O–H groups in total. The van der Waals surface area contributed by atoms with Crippen LogP contribution in [-0.4, -0.2) is 36.6 Å². The van der Waals surface area contributed by atoms with Crippen LogP contribution in [0, 0.1) is 11.6 Å². The molecule has 0 aliphatic rings. The van der Waals surface area contributed by atoms with Crippen molar-refractivity contribution >= 4 is 34.6 Å². The SMILES string of the molecule is CCOC(=O)c1c(SCOC)nc2cc(F)c(F)cc2c1OC(=O)c1ccccc1. The van der Waals surface area contributed by atoms with Crippen LogP contribution in [0.5, 0.6) is 5.75 Å². The first-order chi connectivity index (χ1) is 14.5. The summed E-state index contributed by atoms with van der Waals surface area (Å²) in [4.78, 5) is 29.6. The van der Waals surface area contributed by atoms with Crippen molar-refractivity contribution in [3.63, 3.8) is 0 Å². The van der Waals surface area contributed by atoms with Gasteiger partial charge in [0.15, 0.2) is 17.4 Å². The fourth-order valence-electron chi connectivity index (χ4n) is 2.64. The zero-order valence-electron chi connectivity index (χ0n) is 16.1. The molecule has 1 heterocycles. The molecular formula is C21H17F2NO5S. The summed E-state index contributed by atoms with van der Waals surface area (Å²) >= 11 is 1.02. The number of hydrogen-bond donors (Lipinski definition) is 0. The van der Waals surface area contributed by atoms with E-state index in [-0.39, 0.29) is 45.4 Å². The largest absolute Gasteiger partial charge is 0.462 e. The van der Waals surface area contributed by atoms with E-state index >= 15 is 0 Å². The van der Waals surface area contributed by atoms with Crippen molar-refractivity contribution in [3.05, 3.63) is 65.2 Å². The molecule has 0 atom stereocenters. The number of carbonyl (C=O) groups excluding carboxylic acids is 2. The number of nitrogens with zero attached hydrogens (tertiary/aromatic N) is 1. The fraction of sp³-hybridized carbons (Fsp3) is 0.190. The molecule has 2 aromatic carbocycles. The molecular weight excluding hydrogens is 416 g/mol. The topological polar surface area (TPSA) is 74.7 Å². The molecule has 3 rings (SSSR count). The number of halogens is 2. The average molecular weight is 433 g/mol. The van der Waals surface area contributed by atoms with Gasteiger partial charge in [-0.15, -0.1) is 0 Å². The third-order valence-electron chi connectivity index (χ3n) is 3.94. The molecule has 1 aromatic heterocycles. The van der Waals surface area contributed by atoms with Crippen molar-refractivity contribution in [1.29, 1.82) is 0 Å². The van der Waals surface area contributed by atoms with Gasteiger partial charge in [-0.2, -0.15) is 0 Å². The van der Waals surface area contributed by atoms with E-state index < -0.39 is 23.6 Å². The molecule has 0 unspecified atom stereocenters. The van der Waals surface area contributed by atoms with Crippen LogP contribution in [0.15, 0.2) is 47.5 Å². The first-order valence-corrected chi connectivity index (χ1v) is 9.83. The minimum absolute atomic E-state index is 0.0106. The van der Waals surface area contributed by atoms with Crippen LogP contribution >= 0.6 is 11.8 Å². The first-order valence-electron chi connectivity index (χ1n) is 8.85. The quantitative estimate of drug-likeness (QED) is 0.306. The Bertz CT molecular complexity index is 1090. The van der Waals surface area contributed by atoms with Gasteiger partial charge in [0.1, 0.15) is 10.6 Å². The summed E-state index contributed by atoms with van der Waals surface area (Å²) < 4.78 is 43.4. The number of rotatable bonds is 7. The Kier molecular flexibility index (Phi) is 6.96. The van der Waals surface area contributed by atoms with E-state index in [0.29, 0.717) is 0 Å². The number of hydrogen-bond acceptors (Lipinski definition) is 7. The van der Waals surface area contributed by atoms with Gasteiger partial charge in [0, 0.05) is 18.6 Å². The summed E-state index contributed by atoms with van der Waals surface area (Å²) in [5.41, 5.74) is 0.0593. The lowest BCUT2D eigenvalue weighted by atomic mass is 10.1. The molecule has 156 valence electrons. The molecule has 3 aromatic rings. The van der Waals surface area contributed by atoms with Crippen molar-refractivity contribution in [2.45, 2.75) is 11.9 Å². The van der Waals surface area contributed by atoms with Crippen LogP contribution in [0.25, 0.3) is 10.9 Å². The molecule has 0 fully saturated rings. The van der Waals surface area contributed by atoms with Gasteiger partial charge in [-0.1, -0.05) is 30.0 Å². The van der Waals surface area contributed by atoms with Gasteiger partial charge in [-0.3, -0.25) is 0 Å². The number of pyridine rings is 1. The smallest absolute Gasteiger partial charge is 0.344 e. The van der Waals surface area contributed by atoms with Gasteiger partial charge in [0.25, 0.3) is 0 Å². The summed E-state index contributed by atoms with van der Waals surface area (Å²) in [5, 5.41) is 0.0627. The maximum absolute atomic E-state index is 14.0. The highest BCUT2D eigenvalue weighted by molar-refractivity contribution is 7.99. The van der Waals surface area contributed by atoms with Crippen LogP contribution in [-0.2, 0) is 9.47 Å². The van der Waals surface area contributed by atoms with Crippen LogP contribution in [0.2, 0.25) is 0 Å². The molecule has 0 aliphatic heterocycles. The Morgan fingerprint density at radius 3 is 2.43 bits per heavy atom. The lowest BCUT2D eigenvalue weighted by Gasteiger charge is -2.16. The Labute approximate surface area is 175 Å². The lowest BCUT2D eigenvalue weighted by molar-refractivity contribution is 0.0515. The van der Waals surface area contributed by atoms with E-state index in [2.05, 4.69) is 4.98 Å². The van der Waals surface area contributed by atoms with Gasteiger partial charge in [0.2, 0.25) is 0 Å². The predicted molar refractivity (Wildman–Crippen MR) is 107 cm³/mol. The van der Waals surface area contributed by atoms with E-state index in [9.17, 15) is 18.4 Å². The molecule has 9 heteroatoms. The number of ether oxygens (including phenoxy) is 3. The molecule has 0 saturated heterocycles. The number of methoxy groups -OCH3 is 1. The number of thioether (sulfide) groups is 1. The van der Waals surface area contributed by atoms with Crippen molar-refractivity contribution in [2.75, 3.05) is 19.7 Å². The number of benzene rings is 2. The normalized spacial score (nSPS) is 10.8. The van der Waals surface area contributed by atoms with Crippen molar-refractivity contribution < 1.29 is 32.6 Å². The number of carbonyl (C=O) groups is 2. The van der Waals surface area contributed by atoms with Crippen LogP contribution in [0.3, 0.4) is 0 Å². The van der Waals surface area contributed by atoms with Gasteiger partial charge in [-0.25, -0.2) is 23.4 Å². The minimum atomic E-state index is -1.17. The van der Waals surface area contributed by atoms with E-state index in [1.54, 1.807) is 25.1 Å². The van der Waals surface area contributed by atoms with E-state index in [1.807, 2.05) is 0 Å². The second-order valence-electron chi connectivity index (χ2n) is 5.93. The Morgan fingerprint density at radius 2 is 1.77 bits per heavy atom. The monoisotopic (exact) mass is 433 g/mol. The number of esters is 2. The number of aromatic nitrogens is 1. The molecule has 0 saturated carbocycles. The van der Waals surface area contributed by atoms with Crippen LogP contribution in [0.1, 0.15) is 27.6 Å². The predicted octanol–water partition coefficient (Wildman–Crippen LogP) is 4.60. The summed E-state index contributed by atoms with van der Waals surface area (Å²) in [6.45, 7) is 1.66. The molecule has 6 nitrogen and oxygen atoms in total. The Hall–Kier alpha value is -3.04. The van der Waals surface area contributed by atoms with E-state index in [0.717, 1.165) is 23.9 Å². The summed E-state index contributed by atoms with van der Waals surface area (Å²) in [6.07, 6.45) is 0. The standard InChI is InChI=1S/C21H17F2NO5S/c1-3-28-21(26)17-18(29-20(25)12-7-5-4-6-8-12)13-9-14(22)15(23)10-16(13)24-19(17)30-11-27-2/h4-10H,3,11H2,1-2H3. The maximum atomic E-state index is 14.0. The van der Waals surface area contributed by atoms with Crippen molar-refractivity contribution in [2.24, 2.45) is 0 Å².